The van der Waals surface area contributed by atoms with Gasteiger partial charge in [-0.3, -0.25) is 0 Å². The van der Waals surface area contributed by atoms with E-state index < -0.39 is 0 Å². The normalized spacial score (nSPS) is 11.8. The van der Waals surface area contributed by atoms with Gasteiger partial charge in [-0.2, -0.15) is 0 Å². The Kier molecular flexibility index (Phi) is 14.9. The number of rotatable bonds is 14. The summed E-state index contributed by atoms with van der Waals surface area (Å²) in [5.74, 6) is 0. The lowest BCUT2D eigenvalue weighted by molar-refractivity contribution is 1.23. The van der Waals surface area contributed by atoms with E-state index >= 15 is 0 Å². The average Bonchev–Trinajstić information content (AvgIpc) is 1.32. The third-order valence-electron chi connectivity index (χ3n) is 17.0. The minimum absolute atomic E-state index is 0.908. The zero-order valence-corrected chi connectivity index (χ0v) is 49.3. The molecule has 0 saturated carbocycles. The molecule has 0 bridgehead atoms. The van der Waals surface area contributed by atoms with Crippen LogP contribution in [0, 0.1) is 27.7 Å². The molecule has 410 valence electrons. The molecule has 0 spiro atoms. The number of allylic oxidation sites excluding steroid dienone is 4. The Bertz CT molecular complexity index is 4640. The molecule has 0 radical (unpaired) electrons. The molecule has 0 saturated heterocycles. The average molecular weight is 1090 g/mol. The molecule has 0 aliphatic rings. The van der Waals surface area contributed by atoms with Crippen LogP contribution in [0.2, 0.25) is 0 Å². The van der Waals surface area contributed by atoms with Crippen molar-refractivity contribution >= 4 is 77.6 Å². The molecule has 2 nitrogen and oxygen atoms in total. The van der Waals surface area contributed by atoms with E-state index in [4.69, 9.17) is 0 Å². The maximum atomic E-state index is 2.49. The van der Waals surface area contributed by atoms with Gasteiger partial charge in [-0.05, 0) is 201 Å². The van der Waals surface area contributed by atoms with E-state index in [0.717, 1.165) is 40.5 Å². The van der Waals surface area contributed by atoms with E-state index in [0.29, 0.717) is 0 Å². The molecule has 0 N–H and O–H groups in total. The van der Waals surface area contributed by atoms with Gasteiger partial charge in [0.25, 0.3) is 0 Å². The molecule has 0 aliphatic heterocycles. The van der Waals surface area contributed by atoms with Crippen LogP contribution in [-0.4, -0.2) is 0 Å². The van der Waals surface area contributed by atoms with Crippen LogP contribution in [0.5, 0.6) is 0 Å². The van der Waals surface area contributed by atoms with Gasteiger partial charge in [0.1, 0.15) is 0 Å². The summed E-state index contributed by atoms with van der Waals surface area (Å²) in [6.45, 7) is 13.3. The van der Waals surface area contributed by atoms with Gasteiger partial charge in [-0.25, -0.2) is 0 Å². The van der Waals surface area contributed by atoms with Crippen molar-refractivity contribution < 1.29 is 0 Å². The lowest BCUT2D eigenvalue weighted by atomic mass is 9.92. The van der Waals surface area contributed by atoms with E-state index in [2.05, 4.69) is 343 Å². The SMILES string of the molecule is CC/C(=C\C=C(/C)c1cccc(-c2ccccc2)c1)c1ccc(N(c2ccc(C)cc2C)c2cc3c4ccccc4c(N(c4ccc(-c5ccc(-c6cccc(-c7ccccc7)c6)cc5)cc4)c4ccc(C)cc4C)cc3c3ccccc23)cc1. The Hall–Kier alpha value is -10.3. The van der Waals surface area contributed by atoms with Gasteiger partial charge in [0.2, 0.25) is 0 Å². The lowest BCUT2D eigenvalue weighted by Crippen LogP contribution is -2.13. The largest absolute Gasteiger partial charge is 0.310 e. The predicted octanol–water partition coefficient (Wildman–Crippen LogP) is 23.9. The first-order chi connectivity index (χ1) is 41.6. The minimum atomic E-state index is 0.908. The van der Waals surface area contributed by atoms with Crippen LogP contribution < -0.4 is 9.80 Å². The number of anilines is 6. The topological polar surface area (TPSA) is 6.48 Å². The second kappa shape index (κ2) is 23.5. The van der Waals surface area contributed by atoms with Crippen molar-refractivity contribution in [3.8, 4) is 44.5 Å². The fraction of sp³-hybridized carbons (Fsp3) is 0.0843. The maximum absolute atomic E-state index is 2.49. The van der Waals surface area contributed by atoms with Crippen molar-refractivity contribution in [2.24, 2.45) is 0 Å². The first-order valence-corrected chi connectivity index (χ1v) is 29.8. The monoisotopic (exact) mass is 1090 g/mol. The minimum Gasteiger partial charge on any atom is -0.310 e. The Morgan fingerprint density at radius 2 is 0.682 bits per heavy atom. The molecular formula is C83H68N2. The molecule has 13 aromatic carbocycles. The molecule has 0 atom stereocenters. The molecule has 0 fully saturated rings. The fourth-order valence-electron chi connectivity index (χ4n) is 12.5. The molecule has 0 amide bonds. The number of nitrogens with zero attached hydrogens (tertiary/aromatic N) is 2. The van der Waals surface area contributed by atoms with Crippen LogP contribution in [-0.2, 0) is 0 Å². The Morgan fingerprint density at radius 1 is 0.294 bits per heavy atom. The lowest BCUT2D eigenvalue weighted by Gasteiger charge is -2.31. The van der Waals surface area contributed by atoms with Gasteiger partial charge in [0, 0.05) is 33.5 Å². The van der Waals surface area contributed by atoms with Crippen LogP contribution in [0.25, 0.3) is 88.0 Å². The van der Waals surface area contributed by atoms with Gasteiger partial charge < -0.3 is 9.80 Å². The highest BCUT2D eigenvalue weighted by molar-refractivity contribution is 6.24. The first-order valence-electron chi connectivity index (χ1n) is 29.8. The van der Waals surface area contributed by atoms with Crippen molar-refractivity contribution in [1.29, 1.82) is 0 Å². The highest BCUT2D eigenvalue weighted by Crippen LogP contribution is 2.49. The van der Waals surface area contributed by atoms with Gasteiger partial charge in [-0.15, -0.1) is 0 Å². The second-order valence-electron chi connectivity index (χ2n) is 22.7. The van der Waals surface area contributed by atoms with E-state index in [9.17, 15) is 0 Å². The van der Waals surface area contributed by atoms with Crippen molar-refractivity contribution in [2.45, 2.75) is 48.0 Å². The van der Waals surface area contributed by atoms with E-state index in [-0.39, 0.29) is 0 Å². The van der Waals surface area contributed by atoms with E-state index in [1.807, 2.05) is 0 Å². The molecule has 0 unspecified atom stereocenters. The summed E-state index contributed by atoms with van der Waals surface area (Å²) >= 11 is 0. The summed E-state index contributed by atoms with van der Waals surface area (Å²) in [6.07, 6.45) is 5.49. The molecular weight excluding hydrogens is 1020 g/mol. The van der Waals surface area contributed by atoms with Gasteiger partial charge in [0.15, 0.2) is 0 Å². The zero-order chi connectivity index (χ0) is 58.0. The Balaban J connectivity index is 0.896. The third-order valence-corrected chi connectivity index (χ3v) is 17.0. The van der Waals surface area contributed by atoms with Crippen molar-refractivity contribution in [1.82, 2.24) is 0 Å². The van der Waals surface area contributed by atoms with Crippen LogP contribution in [0.3, 0.4) is 0 Å². The summed E-state index contributed by atoms with van der Waals surface area (Å²) in [5, 5.41) is 7.18. The first kappa shape index (κ1) is 54.0. The van der Waals surface area contributed by atoms with E-state index in [1.54, 1.807) is 0 Å². The standard InChI is InChI=1S/C83H68N2/c1-7-61(35-34-58(4)68-24-18-25-69(52-68)62-20-10-8-11-21-62)64-40-44-72(45-41-64)84(80-48-32-56(2)50-59(80)5)82-54-78-75-29-15-17-31-77(75)83(55-79(78)74-28-14-16-30-76(74)82)85(81-49-33-57(3)51-60(81)6)73-46-42-66(43-47-73)65-36-38-67(39-37-65)71-27-19-26-70(53-71)63-22-12-9-13-23-63/h8-55H,7H2,1-6H3/b58-34+,61-35+. The quantitative estimate of drug-likeness (QED) is 0.0791. The number of hydrogen-bond donors (Lipinski definition) is 0. The summed E-state index contributed by atoms with van der Waals surface area (Å²) in [4.78, 5) is 4.97. The molecule has 0 aromatic heterocycles. The molecule has 0 aliphatic carbocycles. The van der Waals surface area contributed by atoms with Crippen molar-refractivity contribution in [2.75, 3.05) is 9.80 Å². The fourth-order valence-corrected chi connectivity index (χ4v) is 12.5. The van der Waals surface area contributed by atoms with Crippen LogP contribution in [0.1, 0.15) is 53.6 Å². The predicted molar refractivity (Wildman–Crippen MR) is 367 cm³/mol. The second-order valence-corrected chi connectivity index (χ2v) is 22.7. The zero-order valence-electron chi connectivity index (χ0n) is 49.3. The van der Waals surface area contributed by atoms with Crippen LogP contribution in [0.15, 0.2) is 291 Å². The number of benzene rings is 13. The number of fused-ring (bicyclic) bond motifs is 5. The summed E-state index contributed by atoms with van der Waals surface area (Å²) in [6, 6.07) is 103. The molecule has 2 heteroatoms. The Morgan fingerprint density at radius 3 is 1.15 bits per heavy atom. The third kappa shape index (κ3) is 10.9. The maximum Gasteiger partial charge on any atom is 0.0546 e. The smallest absolute Gasteiger partial charge is 0.0546 e. The van der Waals surface area contributed by atoms with Crippen molar-refractivity contribution in [3.63, 3.8) is 0 Å². The number of hydrogen-bond acceptors (Lipinski definition) is 2. The summed E-state index contributed by atoms with van der Waals surface area (Å²) in [7, 11) is 0. The van der Waals surface area contributed by atoms with Crippen LogP contribution in [0.4, 0.5) is 34.1 Å². The molecule has 0 heterocycles. The van der Waals surface area contributed by atoms with Gasteiger partial charge in [-0.1, -0.05) is 249 Å². The van der Waals surface area contributed by atoms with Gasteiger partial charge in [0.05, 0.1) is 11.4 Å². The summed E-state index contributed by atoms with van der Waals surface area (Å²) < 4.78 is 0. The summed E-state index contributed by atoms with van der Waals surface area (Å²) in [5.41, 5.74) is 26.3. The number of aryl methyl sites for hydroxylation is 4. The van der Waals surface area contributed by atoms with Crippen LogP contribution >= 0.6 is 0 Å². The molecule has 13 rings (SSSR count). The highest BCUT2D eigenvalue weighted by Gasteiger charge is 2.24. The van der Waals surface area contributed by atoms with E-state index in [1.165, 1.54) is 121 Å². The highest BCUT2D eigenvalue weighted by atomic mass is 15.2. The molecule has 85 heavy (non-hydrogen) atoms. The van der Waals surface area contributed by atoms with Gasteiger partial charge >= 0.3 is 0 Å². The molecule has 13 aromatic rings. The Labute approximate surface area is 501 Å². The van der Waals surface area contributed by atoms with Crippen molar-refractivity contribution in [3.05, 3.63) is 325 Å².